The number of nitrogens with zero attached hydrogens (tertiary/aromatic N) is 1. The quantitative estimate of drug-likeness (QED) is 0.405. The van der Waals surface area contributed by atoms with E-state index < -0.39 is 5.91 Å². The normalized spacial score (nSPS) is 11.6. The summed E-state index contributed by atoms with van der Waals surface area (Å²) < 4.78 is 0. The van der Waals surface area contributed by atoms with Gasteiger partial charge in [0.25, 0.3) is 5.91 Å². The Hall–Kier alpha value is -3.84. The van der Waals surface area contributed by atoms with Gasteiger partial charge >= 0.3 is 0 Å². The SMILES string of the molecule is CC(C)(C)c1ccccc1N/C=C(/C#N)C(=O)NC(c1ccccc1)c1ccccc1. The highest BCUT2D eigenvalue weighted by atomic mass is 16.1. The van der Waals surface area contributed by atoms with Crippen LogP contribution in [0.25, 0.3) is 0 Å². The molecule has 3 rings (SSSR count). The highest BCUT2D eigenvalue weighted by molar-refractivity contribution is 5.98. The molecule has 4 nitrogen and oxygen atoms in total. The number of carbonyl (C=O) groups is 1. The van der Waals surface area contributed by atoms with Gasteiger partial charge in [-0.25, -0.2) is 0 Å². The maximum Gasteiger partial charge on any atom is 0.264 e. The average molecular weight is 410 g/mol. The number of hydrogen-bond donors (Lipinski definition) is 2. The maximum atomic E-state index is 13.0. The summed E-state index contributed by atoms with van der Waals surface area (Å²) in [5.74, 6) is -0.430. The van der Waals surface area contributed by atoms with Crippen molar-refractivity contribution in [2.75, 3.05) is 5.32 Å². The second-order valence-electron chi connectivity index (χ2n) is 8.34. The van der Waals surface area contributed by atoms with E-state index in [-0.39, 0.29) is 17.0 Å². The summed E-state index contributed by atoms with van der Waals surface area (Å²) in [6.07, 6.45) is 1.48. The van der Waals surface area contributed by atoms with Crippen molar-refractivity contribution in [1.82, 2.24) is 5.32 Å². The number of hydrogen-bond acceptors (Lipinski definition) is 3. The predicted octanol–water partition coefficient (Wildman–Crippen LogP) is 5.71. The van der Waals surface area contributed by atoms with Crippen molar-refractivity contribution in [2.24, 2.45) is 0 Å². The number of carbonyl (C=O) groups excluding carboxylic acids is 1. The van der Waals surface area contributed by atoms with Crippen LogP contribution in [-0.4, -0.2) is 5.91 Å². The lowest BCUT2D eigenvalue weighted by Crippen LogP contribution is -2.30. The Labute approximate surface area is 184 Å². The molecule has 0 fully saturated rings. The molecule has 0 aliphatic heterocycles. The minimum absolute atomic E-state index is 0.0144. The first-order valence-corrected chi connectivity index (χ1v) is 10.3. The summed E-state index contributed by atoms with van der Waals surface area (Å²) in [6.45, 7) is 6.37. The topological polar surface area (TPSA) is 64.9 Å². The summed E-state index contributed by atoms with van der Waals surface area (Å²) in [7, 11) is 0. The number of para-hydroxylation sites is 1. The molecule has 0 unspecified atom stereocenters. The van der Waals surface area contributed by atoms with Gasteiger partial charge < -0.3 is 10.6 Å². The number of amides is 1. The van der Waals surface area contributed by atoms with Crippen LogP contribution in [-0.2, 0) is 10.2 Å². The van der Waals surface area contributed by atoms with Crippen LogP contribution in [0.4, 0.5) is 5.69 Å². The third kappa shape index (κ3) is 5.61. The van der Waals surface area contributed by atoms with Crippen molar-refractivity contribution in [3.05, 3.63) is 113 Å². The summed E-state index contributed by atoms with van der Waals surface area (Å²) in [6, 6.07) is 29.0. The van der Waals surface area contributed by atoms with Gasteiger partial charge in [0.1, 0.15) is 11.6 Å². The summed E-state index contributed by atoms with van der Waals surface area (Å²) in [5, 5.41) is 15.8. The van der Waals surface area contributed by atoms with Gasteiger partial charge in [0.05, 0.1) is 6.04 Å². The lowest BCUT2D eigenvalue weighted by atomic mass is 9.86. The van der Waals surface area contributed by atoms with Crippen LogP contribution in [0.2, 0.25) is 0 Å². The highest BCUT2D eigenvalue weighted by Crippen LogP contribution is 2.29. The van der Waals surface area contributed by atoms with Crippen LogP contribution in [0.15, 0.2) is 96.7 Å². The molecule has 1 amide bonds. The standard InChI is InChI=1S/C27H27N3O/c1-27(2,3)23-16-10-11-17-24(23)29-19-22(18-28)26(31)30-25(20-12-6-4-7-13-20)21-14-8-5-9-15-21/h4-17,19,25,29H,1-3H3,(H,30,31)/b22-19-. The monoisotopic (exact) mass is 409 g/mol. The van der Waals surface area contributed by atoms with Crippen LogP contribution in [0.5, 0.6) is 0 Å². The third-order valence-electron chi connectivity index (χ3n) is 5.01. The maximum absolute atomic E-state index is 13.0. The van der Waals surface area contributed by atoms with Crippen molar-refractivity contribution >= 4 is 11.6 Å². The fourth-order valence-corrected chi connectivity index (χ4v) is 3.42. The lowest BCUT2D eigenvalue weighted by Gasteiger charge is -2.23. The molecular weight excluding hydrogens is 382 g/mol. The Morgan fingerprint density at radius 3 is 1.90 bits per heavy atom. The Bertz CT molecular complexity index is 1050. The number of nitrogens with one attached hydrogen (secondary N) is 2. The average Bonchev–Trinajstić information content (AvgIpc) is 2.78. The van der Waals surface area contributed by atoms with Crippen LogP contribution < -0.4 is 10.6 Å². The van der Waals surface area contributed by atoms with Crippen LogP contribution in [0.3, 0.4) is 0 Å². The van der Waals surface area contributed by atoms with Gasteiger partial charge in [-0.2, -0.15) is 5.26 Å². The molecule has 0 saturated carbocycles. The minimum Gasteiger partial charge on any atom is -0.360 e. The van der Waals surface area contributed by atoms with E-state index in [1.807, 2.05) is 91.0 Å². The van der Waals surface area contributed by atoms with Crippen molar-refractivity contribution in [3.63, 3.8) is 0 Å². The van der Waals surface area contributed by atoms with Gasteiger partial charge in [-0.3, -0.25) is 4.79 Å². The van der Waals surface area contributed by atoms with Gasteiger partial charge in [0, 0.05) is 11.9 Å². The molecule has 4 heteroatoms. The zero-order valence-electron chi connectivity index (χ0n) is 18.1. The van der Waals surface area contributed by atoms with Gasteiger partial charge in [0.2, 0.25) is 0 Å². The smallest absolute Gasteiger partial charge is 0.264 e. The molecule has 3 aromatic carbocycles. The molecule has 0 aliphatic rings. The first kappa shape index (κ1) is 21.9. The van der Waals surface area contributed by atoms with E-state index in [0.29, 0.717) is 0 Å². The van der Waals surface area contributed by atoms with E-state index in [4.69, 9.17) is 0 Å². The molecule has 0 bridgehead atoms. The Morgan fingerprint density at radius 1 is 0.871 bits per heavy atom. The van der Waals surface area contributed by atoms with Crippen molar-refractivity contribution in [2.45, 2.75) is 32.2 Å². The van der Waals surface area contributed by atoms with E-state index in [1.165, 1.54) is 6.20 Å². The zero-order valence-corrected chi connectivity index (χ0v) is 18.1. The van der Waals surface area contributed by atoms with Crippen LogP contribution >= 0.6 is 0 Å². The third-order valence-corrected chi connectivity index (χ3v) is 5.01. The highest BCUT2D eigenvalue weighted by Gasteiger charge is 2.20. The largest absolute Gasteiger partial charge is 0.360 e. The summed E-state index contributed by atoms with van der Waals surface area (Å²) >= 11 is 0. The van der Waals surface area contributed by atoms with Crippen LogP contribution in [0, 0.1) is 11.3 Å². The van der Waals surface area contributed by atoms with E-state index >= 15 is 0 Å². The number of benzene rings is 3. The van der Waals surface area contributed by atoms with Crippen LogP contribution in [0.1, 0.15) is 43.5 Å². The van der Waals surface area contributed by atoms with Gasteiger partial charge in [-0.05, 0) is 28.2 Å². The van der Waals surface area contributed by atoms with Gasteiger partial charge in [-0.15, -0.1) is 0 Å². The van der Waals surface area contributed by atoms with E-state index in [0.717, 1.165) is 22.4 Å². The van der Waals surface area contributed by atoms with Crippen molar-refractivity contribution in [3.8, 4) is 6.07 Å². The molecule has 0 spiro atoms. The lowest BCUT2D eigenvalue weighted by molar-refractivity contribution is -0.117. The predicted molar refractivity (Wildman–Crippen MR) is 125 cm³/mol. The molecule has 0 atom stereocenters. The number of rotatable bonds is 6. The molecule has 3 aromatic rings. The first-order chi connectivity index (χ1) is 14.9. The molecule has 0 aromatic heterocycles. The second-order valence-corrected chi connectivity index (χ2v) is 8.34. The molecule has 156 valence electrons. The Balaban J connectivity index is 1.85. The molecule has 2 N–H and O–H groups in total. The fourth-order valence-electron chi connectivity index (χ4n) is 3.42. The minimum atomic E-state index is -0.430. The fraction of sp³-hybridized carbons (Fsp3) is 0.185. The second kappa shape index (κ2) is 9.77. The number of anilines is 1. The molecule has 0 radical (unpaired) electrons. The summed E-state index contributed by atoms with van der Waals surface area (Å²) in [4.78, 5) is 13.0. The molecule has 31 heavy (non-hydrogen) atoms. The Morgan fingerprint density at radius 2 is 1.39 bits per heavy atom. The summed E-state index contributed by atoms with van der Waals surface area (Å²) in [5.41, 5.74) is 3.82. The van der Waals surface area contributed by atoms with Crippen molar-refractivity contribution < 1.29 is 4.79 Å². The molecule has 0 heterocycles. The van der Waals surface area contributed by atoms with E-state index in [9.17, 15) is 10.1 Å². The molecular formula is C27H27N3O. The zero-order chi connectivity index (χ0) is 22.3. The van der Waals surface area contributed by atoms with Gasteiger partial charge in [0.15, 0.2) is 0 Å². The molecule has 0 saturated heterocycles. The Kier molecular flexibility index (Phi) is 6.89. The van der Waals surface area contributed by atoms with Gasteiger partial charge in [-0.1, -0.05) is 99.6 Å². The number of nitriles is 1. The van der Waals surface area contributed by atoms with Crippen molar-refractivity contribution in [1.29, 1.82) is 5.26 Å². The first-order valence-electron chi connectivity index (χ1n) is 10.3. The molecule has 0 aliphatic carbocycles. The van der Waals surface area contributed by atoms with E-state index in [2.05, 4.69) is 31.4 Å². The van der Waals surface area contributed by atoms with E-state index in [1.54, 1.807) is 0 Å².